The number of anilines is 1. The number of halogens is 1. The molecule has 0 aliphatic carbocycles. The summed E-state index contributed by atoms with van der Waals surface area (Å²) >= 11 is 3.78. The zero-order chi connectivity index (χ0) is 11.4. The first-order valence-corrected chi connectivity index (χ1v) is 6.70. The Morgan fingerprint density at radius 2 is 2.27 bits per heavy atom. The van der Waals surface area contributed by atoms with E-state index in [0.717, 1.165) is 8.47 Å². The van der Waals surface area contributed by atoms with Crippen molar-refractivity contribution in [3.05, 3.63) is 21.3 Å². The first kappa shape index (κ1) is 12.6. The quantitative estimate of drug-likeness (QED) is 0.399. The van der Waals surface area contributed by atoms with E-state index < -0.39 is 0 Å². The van der Waals surface area contributed by atoms with Crippen LogP contribution in [0.5, 0.6) is 0 Å². The van der Waals surface area contributed by atoms with E-state index in [1.807, 2.05) is 6.26 Å². The summed E-state index contributed by atoms with van der Waals surface area (Å²) in [4.78, 5) is 12.6. The molecule has 0 spiro atoms. The fourth-order valence-electron chi connectivity index (χ4n) is 1.11. The van der Waals surface area contributed by atoms with Gasteiger partial charge in [0.25, 0.3) is 0 Å². The molecule has 1 aromatic rings. The van der Waals surface area contributed by atoms with Crippen LogP contribution >= 0.6 is 34.4 Å². The molecule has 0 aromatic heterocycles. The predicted molar refractivity (Wildman–Crippen MR) is 71.3 cm³/mol. The minimum Gasteiger partial charge on any atom is -0.462 e. The highest BCUT2D eigenvalue weighted by Crippen LogP contribution is 2.27. The van der Waals surface area contributed by atoms with Gasteiger partial charge < -0.3 is 10.5 Å². The molecule has 0 saturated heterocycles. The average Bonchev–Trinajstić information content (AvgIpc) is 2.18. The number of nitrogen functional groups attached to an aromatic ring is 1. The first-order valence-electron chi connectivity index (χ1n) is 4.40. The highest BCUT2D eigenvalue weighted by atomic mass is 127. The van der Waals surface area contributed by atoms with Gasteiger partial charge in [0, 0.05) is 14.2 Å². The molecule has 0 radical (unpaired) electrons. The van der Waals surface area contributed by atoms with Crippen LogP contribution in [0.4, 0.5) is 5.69 Å². The molecule has 15 heavy (non-hydrogen) atoms. The molecule has 0 aliphatic rings. The number of nitrogens with two attached hydrogens (primary N) is 1. The molecule has 5 heteroatoms. The van der Waals surface area contributed by atoms with Crippen molar-refractivity contribution in [2.45, 2.75) is 11.8 Å². The number of carbonyl (C=O) groups excluding carboxylic acids is 1. The Labute approximate surface area is 107 Å². The summed E-state index contributed by atoms with van der Waals surface area (Å²) in [7, 11) is 0. The molecule has 0 saturated carbocycles. The van der Waals surface area contributed by atoms with Crippen LogP contribution < -0.4 is 5.73 Å². The summed E-state index contributed by atoms with van der Waals surface area (Å²) in [6.07, 6.45) is 1.96. The summed E-state index contributed by atoms with van der Waals surface area (Å²) in [5.41, 5.74) is 6.68. The van der Waals surface area contributed by atoms with Crippen molar-refractivity contribution in [3.63, 3.8) is 0 Å². The van der Waals surface area contributed by atoms with Gasteiger partial charge in [-0.25, -0.2) is 4.79 Å². The molecule has 82 valence electrons. The zero-order valence-electron chi connectivity index (χ0n) is 8.54. The zero-order valence-corrected chi connectivity index (χ0v) is 11.5. The van der Waals surface area contributed by atoms with Gasteiger partial charge in [-0.15, -0.1) is 11.8 Å². The fraction of sp³-hybridized carbons (Fsp3) is 0.300. The van der Waals surface area contributed by atoms with Crippen LogP contribution in [0.25, 0.3) is 0 Å². The molecular formula is C10H12INO2S. The van der Waals surface area contributed by atoms with Crippen LogP contribution in [0.2, 0.25) is 0 Å². The van der Waals surface area contributed by atoms with Gasteiger partial charge in [-0.05, 0) is 47.9 Å². The molecule has 0 unspecified atom stereocenters. The maximum absolute atomic E-state index is 11.5. The monoisotopic (exact) mass is 337 g/mol. The Kier molecular flexibility index (Phi) is 4.72. The number of esters is 1. The Hall–Kier alpha value is -0.430. The molecule has 2 N–H and O–H groups in total. The van der Waals surface area contributed by atoms with Crippen LogP contribution in [0.3, 0.4) is 0 Å². The lowest BCUT2D eigenvalue weighted by Crippen LogP contribution is -2.08. The minimum atomic E-state index is -0.360. The third-order valence-electron chi connectivity index (χ3n) is 1.82. The Morgan fingerprint density at radius 3 is 2.80 bits per heavy atom. The van der Waals surface area contributed by atoms with Crippen molar-refractivity contribution in [2.24, 2.45) is 0 Å². The molecule has 0 amide bonds. The van der Waals surface area contributed by atoms with E-state index in [4.69, 9.17) is 10.5 Å². The molecular weight excluding hydrogens is 325 g/mol. The summed E-state index contributed by atoms with van der Waals surface area (Å²) in [6, 6.07) is 3.57. The van der Waals surface area contributed by atoms with Gasteiger partial charge in [0.2, 0.25) is 0 Å². The van der Waals surface area contributed by atoms with Crippen molar-refractivity contribution in [2.75, 3.05) is 18.6 Å². The minimum absolute atomic E-state index is 0.360. The summed E-state index contributed by atoms with van der Waals surface area (Å²) in [5, 5.41) is 0. The number of benzene rings is 1. The van der Waals surface area contributed by atoms with Gasteiger partial charge >= 0.3 is 5.97 Å². The summed E-state index contributed by atoms with van der Waals surface area (Å²) in [6.45, 7) is 2.13. The van der Waals surface area contributed by atoms with Crippen LogP contribution in [-0.4, -0.2) is 18.8 Å². The third kappa shape index (κ3) is 3.01. The van der Waals surface area contributed by atoms with Crippen molar-refractivity contribution in [1.29, 1.82) is 0 Å². The highest BCUT2D eigenvalue weighted by molar-refractivity contribution is 14.1. The predicted octanol–water partition coefficient (Wildman–Crippen LogP) is 2.77. The maximum Gasteiger partial charge on any atom is 0.340 e. The number of hydrogen-bond acceptors (Lipinski definition) is 4. The largest absolute Gasteiger partial charge is 0.462 e. The second kappa shape index (κ2) is 5.60. The lowest BCUT2D eigenvalue weighted by Gasteiger charge is -2.08. The molecule has 3 nitrogen and oxygen atoms in total. The smallest absolute Gasteiger partial charge is 0.340 e. The molecule has 0 bridgehead atoms. The molecule has 0 fully saturated rings. The first-order chi connectivity index (χ1) is 7.10. The van der Waals surface area contributed by atoms with E-state index >= 15 is 0 Å². The van der Waals surface area contributed by atoms with E-state index in [0.29, 0.717) is 17.9 Å². The highest BCUT2D eigenvalue weighted by Gasteiger charge is 2.13. The van der Waals surface area contributed by atoms with Crippen molar-refractivity contribution in [3.8, 4) is 0 Å². The lowest BCUT2D eigenvalue weighted by molar-refractivity contribution is 0.0527. The summed E-state index contributed by atoms with van der Waals surface area (Å²) in [5.74, 6) is -0.360. The van der Waals surface area contributed by atoms with Gasteiger partial charge in [-0.3, -0.25) is 0 Å². The fourth-order valence-corrected chi connectivity index (χ4v) is 2.75. The SMILES string of the molecule is CCOC(=O)c1cc(SC)c(I)cc1N. The van der Waals surface area contributed by atoms with E-state index in [1.165, 1.54) is 0 Å². The van der Waals surface area contributed by atoms with Crippen LogP contribution in [0.1, 0.15) is 17.3 Å². The van der Waals surface area contributed by atoms with Gasteiger partial charge in [0.15, 0.2) is 0 Å². The number of ether oxygens (including phenoxy) is 1. The lowest BCUT2D eigenvalue weighted by atomic mass is 10.2. The molecule has 0 aliphatic heterocycles. The number of hydrogen-bond donors (Lipinski definition) is 1. The normalized spacial score (nSPS) is 10.1. The standard InChI is InChI=1S/C10H12INO2S/c1-3-14-10(13)6-4-9(15-2)7(11)5-8(6)12/h4-5H,3,12H2,1-2H3. The van der Waals surface area contributed by atoms with Crippen molar-refractivity contribution in [1.82, 2.24) is 0 Å². The van der Waals surface area contributed by atoms with Crippen LogP contribution in [0.15, 0.2) is 17.0 Å². The van der Waals surface area contributed by atoms with E-state index in [-0.39, 0.29) is 5.97 Å². The second-order valence-electron chi connectivity index (χ2n) is 2.79. The van der Waals surface area contributed by atoms with Gasteiger partial charge in [-0.1, -0.05) is 0 Å². The van der Waals surface area contributed by atoms with E-state index in [1.54, 1.807) is 30.8 Å². The van der Waals surface area contributed by atoms with Gasteiger partial charge in [-0.2, -0.15) is 0 Å². The Morgan fingerprint density at radius 1 is 1.60 bits per heavy atom. The molecule has 0 heterocycles. The van der Waals surface area contributed by atoms with E-state index in [9.17, 15) is 4.79 Å². The Balaban J connectivity index is 3.12. The van der Waals surface area contributed by atoms with Gasteiger partial charge in [0.05, 0.1) is 12.2 Å². The third-order valence-corrected chi connectivity index (χ3v) is 3.86. The Bertz CT molecular complexity index is 382. The molecule has 1 rings (SSSR count). The van der Waals surface area contributed by atoms with Crippen molar-refractivity contribution >= 4 is 46.0 Å². The second-order valence-corrected chi connectivity index (χ2v) is 4.80. The van der Waals surface area contributed by atoms with Gasteiger partial charge in [0.1, 0.15) is 0 Å². The number of rotatable bonds is 3. The van der Waals surface area contributed by atoms with Crippen molar-refractivity contribution < 1.29 is 9.53 Å². The average molecular weight is 337 g/mol. The molecule has 0 atom stereocenters. The number of thioether (sulfide) groups is 1. The molecule has 1 aromatic carbocycles. The van der Waals surface area contributed by atoms with Crippen LogP contribution in [0, 0.1) is 3.57 Å². The summed E-state index contributed by atoms with van der Waals surface area (Å²) < 4.78 is 5.96. The topological polar surface area (TPSA) is 52.3 Å². The van der Waals surface area contributed by atoms with E-state index in [2.05, 4.69) is 22.6 Å². The number of carbonyl (C=O) groups is 1. The van der Waals surface area contributed by atoms with Crippen LogP contribution in [-0.2, 0) is 4.74 Å². The maximum atomic E-state index is 11.5.